The fraction of sp³-hybridized carbons (Fsp3) is 1.00. The molecule has 4 heteroatoms. The second-order valence-electron chi connectivity index (χ2n) is 5.48. The first-order valence-corrected chi connectivity index (χ1v) is 12.1. The summed E-state index contributed by atoms with van der Waals surface area (Å²) in [5.74, 6) is 0. The maximum absolute atomic E-state index is 5.58. The second kappa shape index (κ2) is 6.05. The van der Waals surface area contributed by atoms with Gasteiger partial charge < -0.3 is 9.74 Å². The first-order valence-electron chi connectivity index (χ1n) is 5.53. The maximum Gasteiger partial charge on any atom is 0.185 e. The summed E-state index contributed by atoms with van der Waals surface area (Å²) in [6, 6.07) is 4.13. The van der Waals surface area contributed by atoms with Crippen LogP contribution < -0.4 is 5.32 Å². The van der Waals surface area contributed by atoms with Crippen LogP contribution in [0.5, 0.6) is 0 Å². The van der Waals surface area contributed by atoms with Gasteiger partial charge in [0.1, 0.15) is 0 Å². The Morgan fingerprint density at radius 2 is 1.57 bits per heavy atom. The van der Waals surface area contributed by atoms with Crippen molar-refractivity contribution >= 4 is 16.4 Å². The van der Waals surface area contributed by atoms with Crippen LogP contribution >= 0.6 is 0 Å². The van der Waals surface area contributed by atoms with E-state index in [0.29, 0.717) is 0 Å². The molecule has 0 spiro atoms. The van der Waals surface area contributed by atoms with Crippen LogP contribution in [0.15, 0.2) is 0 Å². The van der Waals surface area contributed by atoms with Gasteiger partial charge in [-0.05, 0) is 38.8 Å². The van der Waals surface area contributed by atoms with Crippen molar-refractivity contribution in [3.05, 3.63) is 0 Å². The van der Waals surface area contributed by atoms with Crippen LogP contribution in [-0.4, -0.2) is 37.1 Å². The summed E-state index contributed by atoms with van der Waals surface area (Å²) in [4.78, 5) is 0. The van der Waals surface area contributed by atoms with Crippen molar-refractivity contribution in [3.63, 3.8) is 0 Å². The van der Waals surface area contributed by atoms with Gasteiger partial charge in [0.15, 0.2) is 8.32 Å². The first-order chi connectivity index (χ1) is 6.33. The molecule has 1 N–H and O–H groups in total. The Labute approximate surface area is 91.6 Å². The Morgan fingerprint density at radius 1 is 1.00 bits per heavy atom. The Bertz CT molecular complexity index is 160. The lowest BCUT2D eigenvalue weighted by atomic mass is 10.8. The third kappa shape index (κ3) is 6.76. The van der Waals surface area contributed by atoms with Crippen LogP contribution in [-0.2, 0) is 4.43 Å². The van der Waals surface area contributed by atoms with Crippen molar-refractivity contribution in [2.45, 2.75) is 44.3 Å². The van der Waals surface area contributed by atoms with E-state index in [1.54, 1.807) is 0 Å². The summed E-state index contributed by atoms with van der Waals surface area (Å²) in [6.45, 7) is 10.8. The monoisotopic (exact) mass is 233 g/mol. The standard InChI is InChI=1S/C10H27NOSi2/c1-11-7-8-13(3,4)9-10-14(5,6)12-2/h11H,7-10H2,1-6H3. The third-order valence-electron chi connectivity index (χ3n) is 3.01. The highest BCUT2D eigenvalue weighted by molar-refractivity contribution is 6.80. The highest BCUT2D eigenvalue weighted by Gasteiger charge is 2.27. The predicted molar refractivity (Wildman–Crippen MR) is 70.3 cm³/mol. The molecule has 0 atom stereocenters. The van der Waals surface area contributed by atoms with Crippen LogP contribution in [0, 0.1) is 0 Å². The molecule has 86 valence electrons. The molecule has 0 rings (SSSR count). The summed E-state index contributed by atoms with van der Waals surface area (Å²) in [6.07, 6.45) is 0. The van der Waals surface area contributed by atoms with Gasteiger partial charge in [-0.3, -0.25) is 0 Å². The van der Waals surface area contributed by atoms with Crippen LogP contribution in [0.3, 0.4) is 0 Å². The van der Waals surface area contributed by atoms with E-state index in [2.05, 4.69) is 31.5 Å². The molecule has 0 bridgehead atoms. The van der Waals surface area contributed by atoms with E-state index in [-0.39, 0.29) is 0 Å². The van der Waals surface area contributed by atoms with Crippen LogP contribution in [0.2, 0.25) is 44.3 Å². The van der Waals surface area contributed by atoms with Gasteiger partial charge in [0, 0.05) is 15.2 Å². The fourth-order valence-corrected chi connectivity index (χ4v) is 7.83. The van der Waals surface area contributed by atoms with Crippen molar-refractivity contribution in [2.24, 2.45) is 0 Å². The van der Waals surface area contributed by atoms with Crippen molar-refractivity contribution in [1.29, 1.82) is 0 Å². The SMILES string of the molecule is CNCC[Si](C)(C)CC[Si](C)(C)OC. The average molecular weight is 234 g/mol. The summed E-state index contributed by atoms with van der Waals surface area (Å²) < 4.78 is 5.58. The lowest BCUT2D eigenvalue weighted by Gasteiger charge is -2.27. The molecule has 0 saturated carbocycles. The number of rotatable bonds is 7. The van der Waals surface area contributed by atoms with Crippen LogP contribution in [0.4, 0.5) is 0 Å². The van der Waals surface area contributed by atoms with Gasteiger partial charge in [-0.15, -0.1) is 0 Å². The van der Waals surface area contributed by atoms with Crippen molar-refractivity contribution < 1.29 is 4.43 Å². The largest absolute Gasteiger partial charge is 0.420 e. The second-order valence-corrected chi connectivity index (χ2v) is 15.2. The van der Waals surface area contributed by atoms with Gasteiger partial charge in [0.05, 0.1) is 0 Å². The number of hydrogen-bond donors (Lipinski definition) is 1. The summed E-state index contributed by atoms with van der Waals surface area (Å²) in [5.41, 5.74) is 0. The molecule has 0 fully saturated rings. The smallest absolute Gasteiger partial charge is 0.185 e. The molecule has 0 amide bonds. The Kier molecular flexibility index (Phi) is 6.20. The van der Waals surface area contributed by atoms with E-state index in [1.165, 1.54) is 24.7 Å². The van der Waals surface area contributed by atoms with E-state index in [1.807, 2.05) is 14.2 Å². The van der Waals surface area contributed by atoms with Gasteiger partial charge in [0.2, 0.25) is 0 Å². The molecule has 0 aliphatic rings. The summed E-state index contributed by atoms with van der Waals surface area (Å²) >= 11 is 0. The Morgan fingerprint density at radius 3 is 2.00 bits per heavy atom. The quantitative estimate of drug-likeness (QED) is 0.683. The highest BCUT2D eigenvalue weighted by Crippen LogP contribution is 2.23. The number of nitrogens with one attached hydrogen (secondary N) is 1. The molecule has 0 aliphatic carbocycles. The van der Waals surface area contributed by atoms with E-state index in [0.717, 1.165) is 0 Å². The molecule has 0 radical (unpaired) electrons. The lowest BCUT2D eigenvalue weighted by molar-refractivity contribution is 0.405. The maximum atomic E-state index is 5.58. The normalized spacial score (nSPS) is 13.3. The average Bonchev–Trinajstić information content (AvgIpc) is 2.12. The first kappa shape index (κ1) is 14.4. The van der Waals surface area contributed by atoms with Crippen molar-refractivity contribution in [2.75, 3.05) is 20.7 Å². The van der Waals surface area contributed by atoms with Crippen molar-refractivity contribution in [3.8, 4) is 0 Å². The Balaban J connectivity index is 3.85. The third-order valence-corrected chi connectivity index (χ3v) is 9.27. The molecule has 2 nitrogen and oxygen atoms in total. The molecule has 0 saturated heterocycles. The zero-order valence-electron chi connectivity index (χ0n) is 10.7. The minimum atomic E-state index is -1.31. The van der Waals surface area contributed by atoms with Gasteiger partial charge in [-0.1, -0.05) is 19.1 Å². The van der Waals surface area contributed by atoms with E-state index in [9.17, 15) is 0 Å². The van der Waals surface area contributed by atoms with Crippen LogP contribution in [0.25, 0.3) is 0 Å². The van der Waals surface area contributed by atoms with Crippen LogP contribution in [0.1, 0.15) is 0 Å². The van der Waals surface area contributed by atoms with Crippen molar-refractivity contribution in [1.82, 2.24) is 5.32 Å². The van der Waals surface area contributed by atoms with E-state index >= 15 is 0 Å². The van der Waals surface area contributed by atoms with E-state index < -0.39 is 16.4 Å². The zero-order chi connectivity index (χ0) is 11.2. The van der Waals surface area contributed by atoms with Gasteiger partial charge in [0.25, 0.3) is 0 Å². The fourth-order valence-electron chi connectivity index (χ4n) is 1.33. The lowest BCUT2D eigenvalue weighted by Crippen LogP contribution is -2.35. The molecular formula is C10H27NOSi2. The summed E-state index contributed by atoms with van der Waals surface area (Å²) in [5, 5.41) is 3.25. The molecule has 14 heavy (non-hydrogen) atoms. The molecular weight excluding hydrogens is 206 g/mol. The van der Waals surface area contributed by atoms with Gasteiger partial charge in [-0.2, -0.15) is 0 Å². The predicted octanol–water partition coefficient (Wildman–Crippen LogP) is 2.77. The topological polar surface area (TPSA) is 21.3 Å². The molecule has 0 aromatic carbocycles. The summed E-state index contributed by atoms with van der Waals surface area (Å²) in [7, 11) is 1.64. The Hall–Kier alpha value is 0.354. The molecule has 0 aromatic heterocycles. The molecule has 0 aliphatic heterocycles. The van der Waals surface area contributed by atoms with Gasteiger partial charge in [-0.25, -0.2) is 0 Å². The zero-order valence-corrected chi connectivity index (χ0v) is 12.7. The minimum absolute atomic E-state index is 0.958. The van der Waals surface area contributed by atoms with E-state index in [4.69, 9.17) is 4.43 Å². The molecule has 0 aromatic rings. The highest BCUT2D eigenvalue weighted by atomic mass is 28.4. The minimum Gasteiger partial charge on any atom is -0.420 e. The number of hydrogen-bond acceptors (Lipinski definition) is 2. The molecule has 0 heterocycles. The van der Waals surface area contributed by atoms with Gasteiger partial charge >= 0.3 is 0 Å². The molecule has 0 unspecified atom stereocenters.